The number of hydrogen-bond acceptors (Lipinski definition) is 7. The second-order valence-electron chi connectivity index (χ2n) is 9.94. The number of pyridine rings is 2. The standard InChI is InChI=1S/C26H27ClN4O5/c1-26(2,3)36-25(33)20-21(29-31-13-16(24(32)35-5)11-18(34-4)22(20)31)17-10-15-8-9-19(27)28-23(15)30(17)12-14-6-7-14/h8-11,13-14H,6-7,12H2,1-5H3. The Morgan fingerprint density at radius 3 is 2.53 bits per heavy atom. The highest BCUT2D eigenvalue weighted by atomic mass is 35.5. The van der Waals surface area contributed by atoms with Crippen LogP contribution < -0.4 is 4.74 Å². The van der Waals surface area contributed by atoms with Crippen molar-refractivity contribution in [2.75, 3.05) is 14.2 Å². The topological polar surface area (TPSA) is 97.0 Å². The Hall–Kier alpha value is -3.59. The molecular weight excluding hydrogens is 484 g/mol. The summed E-state index contributed by atoms with van der Waals surface area (Å²) in [4.78, 5) is 30.5. The van der Waals surface area contributed by atoms with Gasteiger partial charge in [-0.15, -0.1) is 0 Å². The van der Waals surface area contributed by atoms with Gasteiger partial charge in [-0.3, -0.25) is 0 Å². The van der Waals surface area contributed by atoms with Crippen LogP contribution in [0.1, 0.15) is 54.3 Å². The largest absolute Gasteiger partial charge is 0.494 e. The average Bonchev–Trinajstić information content (AvgIpc) is 3.46. The molecule has 0 atom stereocenters. The molecule has 0 spiro atoms. The fourth-order valence-corrected chi connectivity index (χ4v) is 4.42. The summed E-state index contributed by atoms with van der Waals surface area (Å²) in [6.07, 6.45) is 3.77. The molecule has 4 aromatic heterocycles. The first-order chi connectivity index (χ1) is 17.1. The van der Waals surface area contributed by atoms with Crippen molar-refractivity contribution in [3.05, 3.63) is 46.7 Å². The van der Waals surface area contributed by atoms with E-state index in [0.717, 1.165) is 30.4 Å². The molecule has 4 aromatic rings. The fourth-order valence-electron chi connectivity index (χ4n) is 4.27. The van der Waals surface area contributed by atoms with Crippen molar-refractivity contribution >= 4 is 40.1 Å². The lowest BCUT2D eigenvalue weighted by Gasteiger charge is -2.20. The van der Waals surface area contributed by atoms with Gasteiger partial charge in [-0.05, 0) is 63.8 Å². The third-order valence-electron chi connectivity index (χ3n) is 6.03. The average molecular weight is 511 g/mol. The molecule has 1 fully saturated rings. The Labute approximate surface area is 212 Å². The Bertz CT molecular complexity index is 1510. The van der Waals surface area contributed by atoms with E-state index < -0.39 is 17.5 Å². The fraction of sp³-hybridized carbons (Fsp3) is 0.385. The molecule has 5 rings (SSSR count). The zero-order valence-electron chi connectivity index (χ0n) is 20.8. The van der Waals surface area contributed by atoms with Gasteiger partial charge in [0.15, 0.2) is 0 Å². The first-order valence-corrected chi connectivity index (χ1v) is 12.1. The summed E-state index contributed by atoms with van der Waals surface area (Å²) >= 11 is 6.24. The van der Waals surface area contributed by atoms with Crippen molar-refractivity contribution < 1.29 is 23.8 Å². The van der Waals surface area contributed by atoms with Crippen LogP contribution in [-0.2, 0) is 16.0 Å². The van der Waals surface area contributed by atoms with Crippen LogP contribution in [0.2, 0.25) is 5.15 Å². The minimum Gasteiger partial charge on any atom is -0.494 e. The molecule has 0 amide bonds. The molecule has 4 heterocycles. The van der Waals surface area contributed by atoms with E-state index in [2.05, 4.69) is 9.55 Å². The summed E-state index contributed by atoms with van der Waals surface area (Å²) in [5.74, 6) is -0.287. The molecule has 0 saturated heterocycles. The van der Waals surface area contributed by atoms with Crippen molar-refractivity contribution in [2.24, 2.45) is 5.92 Å². The number of hydrogen-bond donors (Lipinski definition) is 0. The molecular formula is C26H27ClN4O5. The van der Waals surface area contributed by atoms with Crippen LogP contribution >= 0.6 is 11.6 Å². The number of aromatic nitrogens is 4. The van der Waals surface area contributed by atoms with Gasteiger partial charge >= 0.3 is 11.9 Å². The molecule has 0 radical (unpaired) electrons. The van der Waals surface area contributed by atoms with E-state index >= 15 is 0 Å². The van der Waals surface area contributed by atoms with Crippen LogP contribution in [0, 0.1) is 5.92 Å². The van der Waals surface area contributed by atoms with Crippen molar-refractivity contribution in [3.63, 3.8) is 0 Å². The lowest BCUT2D eigenvalue weighted by molar-refractivity contribution is 0.00722. The maximum absolute atomic E-state index is 13.6. The minimum atomic E-state index is -0.738. The normalized spacial score (nSPS) is 13.8. The molecule has 0 N–H and O–H groups in total. The van der Waals surface area contributed by atoms with Crippen LogP contribution in [0.4, 0.5) is 0 Å². The summed E-state index contributed by atoms with van der Waals surface area (Å²) < 4.78 is 19.8. The van der Waals surface area contributed by atoms with Crippen molar-refractivity contribution in [1.82, 2.24) is 19.2 Å². The SMILES string of the molecule is COC(=O)c1cc(OC)c2c(C(=O)OC(C)(C)C)c(-c3cc4ccc(Cl)nc4n3CC3CC3)nn2c1. The van der Waals surface area contributed by atoms with Gasteiger partial charge in [0.1, 0.15) is 38.9 Å². The van der Waals surface area contributed by atoms with E-state index in [4.69, 9.17) is 30.9 Å². The molecule has 36 heavy (non-hydrogen) atoms. The maximum Gasteiger partial charge on any atom is 0.343 e. The Morgan fingerprint density at radius 1 is 1.14 bits per heavy atom. The Morgan fingerprint density at radius 2 is 1.89 bits per heavy atom. The lowest BCUT2D eigenvalue weighted by Crippen LogP contribution is -2.24. The molecule has 0 aromatic carbocycles. The quantitative estimate of drug-likeness (QED) is 0.261. The number of carbonyl (C=O) groups excluding carboxylic acids is 2. The highest BCUT2D eigenvalue weighted by Gasteiger charge is 2.32. The van der Waals surface area contributed by atoms with Gasteiger partial charge in [0, 0.05) is 18.1 Å². The van der Waals surface area contributed by atoms with Gasteiger partial charge in [-0.25, -0.2) is 19.1 Å². The Kier molecular flexibility index (Phi) is 5.90. The first-order valence-electron chi connectivity index (χ1n) is 11.7. The van der Waals surface area contributed by atoms with E-state index in [1.54, 1.807) is 26.8 Å². The second-order valence-corrected chi connectivity index (χ2v) is 10.3. The predicted octanol–water partition coefficient (Wildman–Crippen LogP) is 5.16. The summed E-state index contributed by atoms with van der Waals surface area (Å²) in [5, 5.41) is 6.04. The van der Waals surface area contributed by atoms with Gasteiger partial charge in [0.2, 0.25) is 0 Å². The molecule has 9 nitrogen and oxygen atoms in total. The molecule has 0 bridgehead atoms. The van der Waals surface area contributed by atoms with Crippen LogP contribution in [0.15, 0.2) is 30.5 Å². The molecule has 0 aliphatic heterocycles. The van der Waals surface area contributed by atoms with Crippen molar-refractivity contribution in [1.29, 1.82) is 0 Å². The van der Waals surface area contributed by atoms with Crippen LogP contribution in [0.5, 0.6) is 5.75 Å². The number of ether oxygens (including phenoxy) is 3. The number of halogens is 1. The number of carbonyl (C=O) groups is 2. The third-order valence-corrected chi connectivity index (χ3v) is 6.24. The van der Waals surface area contributed by atoms with Gasteiger partial charge in [-0.2, -0.15) is 5.10 Å². The van der Waals surface area contributed by atoms with E-state index in [-0.39, 0.29) is 11.1 Å². The molecule has 188 valence electrons. The Balaban J connectivity index is 1.82. The van der Waals surface area contributed by atoms with Gasteiger partial charge in [0.05, 0.1) is 25.5 Å². The second kappa shape index (κ2) is 8.81. The van der Waals surface area contributed by atoms with Crippen LogP contribution in [-0.4, -0.2) is 50.9 Å². The van der Waals surface area contributed by atoms with Crippen LogP contribution in [0.3, 0.4) is 0 Å². The van der Waals surface area contributed by atoms with Gasteiger partial charge in [-0.1, -0.05) is 11.6 Å². The van der Waals surface area contributed by atoms with Gasteiger partial charge in [0.25, 0.3) is 0 Å². The van der Waals surface area contributed by atoms with E-state index in [1.165, 1.54) is 31.0 Å². The summed E-state index contributed by atoms with van der Waals surface area (Å²) in [6.45, 7) is 6.13. The number of rotatable bonds is 6. The molecule has 1 saturated carbocycles. The highest BCUT2D eigenvalue weighted by molar-refractivity contribution is 6.29. The van der Waals surface area contributed by atoms with E-state index in [9.17, 15) is 9.59 Å². The first kappa shape index (κ1) is 24.1. The van der Waals surface area contributed by atoms with Crippen molar-refractivity contribution in [3.8, 4) is 17.1 Å². The number of esters is 2. The third kappa shape index (κ3) is 4.39. The lowest BCUT2D eigenvalue weighted by atomic mass is 10.1. The zero-order valence-corrected chi connectivity index (χ0v) is 21.5. The number of nitrogens with zero attached hydrogens (tertiary/aromatic N) is 4. The summed E-state index contributed by atoms with van der Waals surface area (Å²) in [7, 11) is 2.77. The van der Waals surface area contributed by atoms with Crippen LogP contribution in [0.25, 0.3) is 27.9 Å². The number of fused-ring (bicyclic) bond motifs is 2. The molecule has 10 heteroatoms. The van der Waals surface area contributed by atoms with E-state index in [0.29, 0.717) is 33.7 Å². The molecule has 0 unspecified atom stereocenters. The van der Waals surface area contributed by atoms with E-state index in [1.807, 2.05) is 12.1 Å². The van der Waals surface area contributed by atoms with Gasteiger partial charge < -0.3 is 18.8 Å². The summed E-state index contributed by atoms with van der Waals surface area (Å²) in [6, 6.07) is 7.11. The van der Waals surface area contributed by atoms with Crippen molar-refractivity contribution in [2.45, 2.75) is 45.8 Å². The predicted molar refractivity (Wildman–Crippen MR) is 135 cm³/mol. The monoisotopic (exact) mass is 510 g/mol. The smallest absolute Gasteiger partial charge is 0.343 e. The molecule has 1 aliphatic carbocycles. The molecule has 1 aliphatic rings. The maximum atomic E-state index is 13.6. The highest BCUT2D eigenvalue weighted by Crippen LogP contribution is 2.39. The minimum absolute atomic E-state index is 0.235. The number of methoxy groups -OCH3 is 2. The summed E-state index contributed by atoms with van der Waals surface area (Å²) in [5.41, 5.74) is 1.96. The zero-order chi connectivity index (χ0) is 25.8.